The third-order valence-corrected chi connectivity index (χ3v) is 6.74. The number of amides is 2. The number of ether oxygens (including phenoxy) is 1. The number of nitrogens with zero attached hydrogens (tertiary/aromatic N) is 5. The fourth-order valence-corrected chi connectivity index (χ4v) is 4.47. The van der Waals surface area contributed by atoms with Gasteiger partial charge in [0, 0.05) is 55.6 Å². The van der Waals surface area contributed by atoms with Crippen LogP contribution in [0.15, 0.2) is 95.6 Å². The number of nitro groups is 1. The highest BCUT2D eigenvalue weighted by atomic mass is 16.7. The molecule has 42 heavy (non-hydrogen) atoms. The van der Waals surface area contributed by atoms with E-state index in [0.717, 1.165) is 5.69 Å². The van der Waals surface area contributed by atoms with E-state index in [1.54, 1.807) is 71.6 Å². The van der Waals surface area contributed by atoms with Gasteiger partial charge in [-0.05, 0) is 48.5 Å². The first-order valence-corrected chi connectivity index (χ1v) is 12.9. The summed E-state index contributed by atoms with van der Waals surface area (Å²) in [6, 6.07) is 21.2. The van der Waals surface area contributed by atoms with Crippen LogP contribution in [0.5, 0.6) is 5.75 Å². The third kappa shape index (κ3) is 6.10. The highest BCUT2D eigenvalue weighted by Crippen LogP contribution is 2.25. The van der Waals surface area contributed by atoms with E-state index in [9.17, 15) is 24.5 Å². The Balaban J connectivity index is 1.41. The average Bonchev–Trinajstić information content (AvgIpc) is 3.40. The number of hydrogen-bond acceptors (Lipinski definition) is 10. The van der Waals surface area contributed by atoms with Gasteiger partial charge in [-0.1, -0.05) is 23.8 Å². The van der Waals surface area contributed by atoms with Gasteiger partial charge in [0.15, 0.2) is 5.70 Å². The molecule has 2 saturated heterocycles. The molecule has 0 aromatic heterocycles. The summed E-state index contributed by atoms with van der Waals surface area (Å²) in [7, 11) is 1.53. The molecule has 1 N–H and O–H groups in total. The normalized spacial score (nSPS) is 16.4. The number of hydrazine groups is 1. The van der Waals surface area contributed by atoms with E-state index in [2.05, 4.69) is 10.6 Å². The SMILES string of the molecule is COc1ccc(N2NOC(=O)/C2=C\C(=NC(=O)c2ccccc2)C(=O)N2CCN(c3ccc([N+](=O)[O-])cc3)CC2)cc1. The predicted octanol–water partition coefficient (Wildman–Crippen LogP) is 2.90. The van der Waals surface area contributed by atoms with Crippen molar-refractivity contribution in [2.45, 2.75) is 0 Å². The van der Waals surface area contributed by atoms with Crippen molar-refractivity contribution in [2.75, 3.05) is 43.2 Å². The molecule has 0 unspecified atom stereocenters. The van der Waals surface area contributed by atoms with Crippen molar-refractivity contribution in [2.24, 2.45) is 4.99 Å². The van der Waals surface area contributed by atoms with Crippen LogP contribution in [0.3, 0.4) is 0 Å². The summed E-state index contributed by atoms with van der Waals surface area (Å²) in [5.74, 6) is -1.34. The lowest BCUT2D eigenvalue weighted by molar-refractivity contribution is -0.384. The number of nitrogens with one attached hydrogen (secondary N) is 1. The molecule has 3 aromatic rings. The van der Waals surface area contributed by atoms with Crippen molar-refractivity contribution in [3.63, 3.8) is 0 Å². The molecular weight excluding hydrogens is 544 g/mol. The number of carbonyl (C=O) groups is 3. The third-order valence-electron chi connectivity index (χ3n) is 6.74. The smallest absolute Gasteiger partial charge is 0.376 e. The van der Waals surface area contributed by atoms with E-state index in [4.69, 9.17) is 9.57 Å². The lowest BCUT2D eigenvalue weighted by atomic mass is 10.1. The molecule has 0 saturated carbocycles. The van der Waals surface area contributed by atoms with Crippen LogP contribution in [0.2, 0.25) is 0 Å². The Hall–Kier alpha value is -5.56. The highest BCUT2D eigenvalue weighted by Gasteiger charge is 2.32. The molecule has 5 rings (SSSR count). The average molecular weight is 571 g/mol. The Bertz CT molecular complexity index is 1550. The maximum absolute atomic E-state index is 13.7. The molecule has 0 radical (unpaired) electrons. The fourth-order valence-electron chi connectivity index (χ4n) is 4.47. The van der Waals surface area contributed by atoms with Crippen molar-refractivity contribution in [3.8, 4) is 5.75 Å². The number of hydrogen-bond donors (Lipinski definition) is 1. The zero-order valence-corrected chi connectivity index (χ0v) is 22.5. The molecule has 2 aliphatic heterocycles. The Morgan fingerprint density at radius 1 is 0.952 bits per heavy atom. The first kappa shape index (κ1) is 28.0. The Kier molecular flexibility index (Phi) is 8.20. The lowest BCUT2D eigenvalue weighted by Gasteiger charge is -2.36. The van der Waals surface area contributed by atoms with Crippen LogP contribution in [0.4, 0.5) is 17.1 Å². The molecule has 0 aliphatic carbocycles. The maximum Gasteiger partial charge on any atom is 0.376 e. The van der Waals surface area contributed by atoms with Gasteiger partial charge >= 0.3 is 5.97 Å². The van der Waals surface area contributed by atoms with Crippen LogP contribution in [-0.2, 0) is 14.4 Å². The van der Waals surface area contributed by atoms with E-state index < -0.39 is 22.7 Å². The Labute approximate surface area is 240 Å². The molecule has 13 nitrogen and oxygen atoms in total. The van der Waals surface area contributed by atoms with Crippen LogP contribution in [-0.4, -0.2) is 66.6 Å². The van der Waals surface area contributed by atoms with Crippen molar-refractivity contribution in [1.29, 1.82) is 0 Å². The molecule has 0 atom stereocenters. The summed E-state index contributed by atoms with van der Waals surface area (Å²) in [6.07, 6.45) is 1.23. The predicted molar refractivity (Wildman–Crippen MR) is 153 cm³/mol. The van der Waals surface area contributed by atoms with Crippen molar-refractivity contribution < 1.29 is 28.9 Å². The first-order valence-electron chi connectivity index (χ1n) is 12.9. The number of methoxy groups -OCH3 is 1. The summed E-state index contributed by atoms with van der Waals surface area (Å²) in [6.45, 7) is 1.48. The molecule has 13 heteroatoms. The van der Waals surface area contributed by atoms with Gasteiger partial charge in [-0.15, -0.1) is 0 Å². The van der Waals surface area contributed by atoms with Crippen molar-refractivity contribution in [1.82, 2.24) is 10.5 Å². The van der Waals surface area contributed by atoms with Crippen molar-refractivity contribution in [3.05, 3.63) is 106 Å². The van der Waals surface area contributed by atoms with Gasteiger partial charge in [0.25, 0.3) is 17.5 Å². The van der Waals surface area contributed by atoms with Gasteiger partial charge in [0.05, 0.1) is 17.7 Å². The van der Waals surface area contributed by atoms with Gasteiger partial charge in [-0.2, -0.15) is 0 Å². The van der Waals surface area contributed by atoms with Gasteiger partial charge in [-0.3, -0.25) is 19.7 Å². The molecular formula is C29H26N6O7. The quantitative estimate of drug-likeness (QED) is 0.195. The number of rotatable bonds is 7. The minimum atomic E-state index is -0.763. The van der Waals surface area contributed by atoms with Gasteiger partial charge < -0.3 is 19.4 Å². The fraction of sp³-hybridized carbons (Fsp3) is 0.172. The number of benzene rings is 3. The minimum Gasteiger partial charge on any atom is -0.497 e. The molecule has 2 amide bonds. The summed E-state index contributed by atoms with van der Waals surface area (Å²) in [5, 5.41) is 12.3. The molecule has 2 fully saturated rings. The second-order valence-electron chi connectivity index (χ2n) is 9.26. The molecule has 214 valence electrons. The van der Waals surface area contributed by atoms with Crippen LogP contribution in [0.25, 0.3) is 0 Å². The number of non-ortho nitro benzene ring substituents is 1. The summed E-state index contributed by atoms with van der Waals surface area (Å²) >= 11 is 0. The van der Waals surface area contributed by atoms with Crippen LogP contribution in [0, 0.1) is 10.1 Å². The topological polar surface area (TPSA) is 147 Å². The van der Waals surface area contributed by atoms with Gasteiger partial charge in [0.1, 0.15) is 11.5 Å². The van der Waals surface area contributed by atoms with E-state index in [0.29, 0.717) is 37.6 Å². The minimum absolute atomic E-state index is 0.00634. The summed E-state index contributed by atoms with van der Waals surface area (Å²) < 4.78 is 5.19. The Morgan fingerprint density at radius 3 is 2.21 bits per heavy atom. The second kappa shape index (κ2) is 12.3. The zero-order chi connectivity index (χ0) is 29.6. The number of aliphatic imine (C=N–C) groups is 1. The molecule has 2 aliphatic rings. The van der Waals surface area contributed by atoms with Crippen molar-refractivity contribution >= 4 is 40.6 Å². The molecule has 0 spiro atoms. The van der Waals surface area contributed by atoms with Gasteiger partial charge in [0.2, 0.25) is 0 Å². The number of anilines is 2. The largest absolute Gasteiger partial charge is 0.497 e. The van der Waals surface area contributed by atoms with E-state index in [-0.39, 0.29) is 22.7 Å². The summed E-state index contributed by atoms with van der Waals surface area (Å²) in [5.41, 5.74) is 3.82. The monoisotopic (exact) mass is 570 g/mol. The zero-order valence-electron chi connectivity index (χ0n) is 22.5. The number of nitro benzene ring substituents is 1. The highest BCUT2D eigenvalue weighted by molar-refractivity contribution is 6.45. The molecule has 3 aromatic carbocycles. The van der Waals surface area contributed by atoms with E-state index in [1.807, 2.05) is 4.90 Å². The van der Waals surface area contributed by atoms with E-state index >= 15 is 0 Å². The molecule has 0 bridgehead atoms. The first-order chi connectivity index (χ1) is 20.3. The van der Waals surface area contributed by atoms with Crippen LogP contribution < -0.4 is 20.2 Å². The lowest BCUT2D eigenvalue weighted by Crippen LogP contribution is -2.50. The molecule has 2 heterocycles. The number of carbonyl (C=O) groups excluding carboxylic acids is 3. The Morgan fingerprint density at radius 2 is 1.60 bits per heavy atom. The van der Waals surface area contributed by atoms with Gasteiger partial charge in [-0.25, -0.2) is 14.8 Å². The van der Waals surface area contributed by atoms with E-state index in [1.165, 1.54) is 30.3 Å². The maximum atomic E-state index is 13.7. The summed E-state index contributed by atoms with van der Waals surface area (Å²) in [4.78, 5) is 62.7. The second-order valence-corrected chi connectivity index (χ2v) is 9.26. The standard InChI is InChI=1S/C29H26N6O7/c1-41-24-13-11-22(12-14-24)34-26(29(38)42-31-34)19-25(30-27(36)20-5-3-2-4-6-20)28(37)33-17-15-32(16-18-33)21-7-9-23(10-8-21)35(39)40/h2-14,19,31H,15-18H2,1H3/b26-19+,30-25?. The number of piperazine rings is 1. The van der Waals surface area contributed by atoms with Crippen LogP contribution >= 0.6 is 0 Å². The van der Waals surface area contributed by atoms with Crippen LogP contribution in [0.1, 0.15) is 10.4 Å².